The van der Waals surface area contributed by atoms with Gasteiger partial charge >= 0.3 is 0 Å². The highest BCUT2D eigenvalue weighted by molar-refractivity contribution is 5.88. The highest BCUT2D eigenvalue weighted by Crippen LogP contribution is 2.42. The van der Waals surface area contributed by atoms with E-state index in [1.807, 2.05) is 24.3 Å². The quantitative estimate of drug-likeness (QED) is 0.456. The molecule has 0 unspecified atom stereocenters. The Balaban J connectivity index is 2.39. The lowest BCUT2D eigenvalue weighted by Gasteiger charge is -2.23. The zero-order valence-corrected chi connectivity index (χ0v) is 15.7. The predicted octanol–water partition coefficient (Wildman–Crippen LogP) is 7.55. The van der Waals surface area contributed by atoms with Crippen LogP contribution in [0, 0.1) is 11.6 Å². The third-order valence-electron chi connectivity index (χ3n) is 4.78. The van der Waals surface area contributed by atoms with Gasteiger partial charge in [0.2, 0.25) is 0 Å². The Morgan fingerprint density at radius 2 is 0.808 bits per heavy atom. The summed E-state index contributed by atoms with van der Waals surface area (Å²) in [7, 11) is 0. The minimum atomic E-state index is -0.247. The van der Waals surface area contributed by atoms with Crippen molar-refractivity contribution < 1.29 is 8.78 Å². The van der Waals surface area contributed by atoms with Gasteiger partial charge in [0.25, 0.3) is 0 Å². The Morgan fingerprint density at radius 3 is 1.08 bits per heavy atom. The van der Waals surface area contributed by atoms with E-state index in [2.05, 4.69) is 39.8 Å². The summed E-state index contributed by atoms with van der Waals surface area (Å²) < 4.78 is 27.0. The first-order chi connectivity index (χ1) is 12.4. The van der Waals surface area contributed by atoms with E-state index in [9.17, 15) is 8.78 Å². The zero-order valence-electron chi connectivity index (χ0n) is 15.7. The van der Waals surface area contributed by atoms with Crippen molar-refractivity contribution in [2.75, 3.05) is 0 Å². The molecule has 26 heavy (non-hydrogen) atoms. The molecule has 0 saturated heterocycles. The summed E-state index contributed by atoms with van der Waals surface area (Å²) >= 11 is 0. The summed E-state index contributed by atoms with van der Waals surface area (Å²) in [4.78, 5) is 0. The molecule has 0 N–H and O–H groups in total. The van der Waals surface area contributed by atoms with E-state index in [0.29, 0.717) is 11.8 Å². The maximum Gasteiger partial charge on any atom is 0.123 e. The predicted molar refractivity (Wildman–Crippen MR) is 105 cm³/mol. The molecule has 0 spiro atoms. The van der Waals surface area contributed by atoms with Gasteiger partial charge < -0.3 is 0 Å². The van der Waals surface area contributed by atoms with Crippen molar-refractivity contribution in [1.82, 2.24) is 0 Å². The van der Waals surface area contributed by atoms with Crippen molar-refractivity contribution in [3.05, 3.63) is 83.4 Å². The van der Waals surface area contributed by atoms with Gasteiger partial charge in [0.05, 0.1) is 0 Å². The fraction of sp³-hybridized carbons (Fsp3) is 0.250. The van der Waals surface area contributed by atoms with Gasteiger partial charge in [-0.1, -0.05) is 64.1 Å². The molecular weight excluding hydrogens is 326 g/mol. The smallest absolute Gasteiger partial charge is 0.123 e. The molecule has 0 aliphatic heterocycles. The Bertz CT molecular complexity index is 812. The molecule has 0 atom stereocenters. The number of benzene rings is 3. The minimum Gasteiger partial charge on any atom is -0.207 e. The van der Waals surface area contributed by atoms with E-state index < -0.39 is 0 Å². The van der Waals surface area contributed by atoms with Gasteiger partial charge in [0, 0.05) is 0 Å². The van der Waals surface area contributed by atoms with Crippen molar-refractivity contribution in [3.8, 4) is 22.3 Å². The third-order valence-corrected chi connectivity index (χ3v) is 4.78. The number of halogens is 2. The molecule has 0 fully saturated rings. The molecule has 0 saturated carbocycles. The van der Waals surface area contributed by atoms with Crippen molar-refractivity contribution in [1.29, 1.82) is 0 Å². The third kappa shape index (κ3) is 3.55. The molecule has 134 valence electrons. The lowest BCUT2D eigenvalue weighted by molar-refractivity contribution is 0.627. The van der Waals surface area contributed by atoms with Crippen molar-refractivity contribution in [2.24, 2.45) is 0 Å². The fourth-order valence-electron chi connectivity index (χ4n) is 3.45. The molecule has 0 bridgehead atoms. The van der Waals surface area contributed by atoms with Gasteiger partial charge in [0.15, 0.2) is 0 Å². The van der Waals surface area contributed by atoms with E-state index in [0.717, 1.165) is 22.3 Å². The molecule has 3 rings (SSSR count). The van der Waals surface area contributed by atoms with Crippen LogP contribution in [-0.4, -0.2) is 0 Å². The van der Waals surface area contributed by atoms with E-state index in [1.165, 1.54) is 35.4 Å². The van der Waals surface area contributed by atoms with Crippen molar-refractivity contribution >= 4 is 0 Å². The molecule has 0 aliphatic carbocycles. The Kier molecular flexibility index (Phi) is 5.22. The van der Waals surface area contributed by atoms with Crippen LogP contribution in [0.25, 0.3) is 22.3 Å². The molecule has 0 aromatic heterocycles. The number of hydrogen-bond acceptors (Lipinski definition) is 0. The van der Waals surface area contributed by atoms with Gasteiger partial charge in [-0.15, -0.1) is 0 Å². The molecule has 0 radical (unpaired) electrons. The monoisotopic (exact) mass is 350 g/mol. The van der Waals surface area contributed by atoms with Crippen LogP contribution >= 0.6 is 0 Å². The van der Waals surface area contributed by atoms with Gasteiger partial charge in [0.1, 0.15) is 11.6 Å². The largest absolute Gasteiger partial charge is 0.207 e. The second-order valence-electron chi connectivity index (χ2n) is 7.32. The van der Waals surface area contributed by atoms with Crippen LogP contribution in [-0.2, 0) is 0 Å². The summed E-state index contributed by atoms with van der Waals surface area (Å²) in [6.07, 6.45) is 0. The fourth-order valence-corrected chi connectivity index (χ4v) is 3.45. The molecule has 0 nitrogen and oxygen atoms in total. The molecular formula is C24H24F2. The maximum absolute atomic E-state index is 13.5. The van der Waals surface area contributed by atoms with E-state index in [4.69, 9.17) is 0 Å². The van der Waals surface area contributed by atoms with Gasteiger partial charge in [-0.25, -0.2) is 8.78 Å². The Hall–Kier alpha value is -2.48. The summed E-state index contributed by atoms with van der Waals surface area (Å²) in [6, 6.07) is 17.6. The SMILES string of the molecule is CC(C)c1ccc(C(C)C)c(-c2ccc(F)cc2)c1-c1ccc(F)cc1. The topological polar surface area (TPSA) is 0 Å². The van der Waals surface area contributed by atoms with E-state index in [1.54, 1.807) is 0 Å². The highest BCUT2D eigenvalue weighted by atomic mass is 19.1. The maximum atomic E-state index is 13.5. The average molecular weight is 350 g/mol. The number of hydrogen-bond donors (Lipinski definition) is 0. The summed E-state index contributed by atoms with van der Waals surface area (Å²) in [6.45, 7) is 8.63. The second-order valence-corrected chi connectivity index (χ2v) is 7.32. The molecule has 0 amide bonds. The van der Waals surface area contributed by atoms with E-state index in [-0.39, 0.29) is 11.6 Å². The highest BCUT2D eigenvalue weighted by Gasteiger charge is 2.20. The standard InChI is InChI=1S/C24H24F2/c1-15(2)21-13-14-22(16(3)4)24(18-7-11-20(26)12-8-18)23(21)17-5-9-19(25)10-6-17/h5-16H,1-4H3. The van der Waals surface area contributed by atoms with Crippen LogP contribution in [0.5, 0.6) is 0 Å². The molecule has 3 aromatic rings. The Labute approximate surface area is 154 Å². The van der Waals surface area contributed by atoms with Crippen LogP contribution < -0.4 is 0 Å². The molecule has 2 heteroatoms. The van der Waals surface area contributed by atoms with Gasteiger partial charge in [-0.3, -0.25) is 0 Å². The Morgan fingerprint density at radius 1 is 0.500 bits per heavy atom. The molecule has 0 heterocycles. The van der Waals surface area contributed by atoms with Crippen LogP contribution in [0.1, 0.15) is 50.7 Å². The summed E-state index contributed by atoms with van der Waals surface area (Å²) in [5.74, 6) is 0.136. The minimum absolute atomic E-state index is 0.247. The normalized spacial score (nSPS) is 11.4. The zero-order chi connectivity index (χ0) is 18.8. The van der Waals surface area contributed by atoms with E-state index >= 15 is 0 Å². The lowest BCUT2D eigenvalue weighted by Crippen LogP contribution is -2.01. The molecule has 3 aromatic carbocycles. The molecule has 0 aliphatic rings. The van der Waals surface area contributed by atoms with Crippen LogP contribution in [0.2, 0.25) is 0 Å². The van der Waals surface area contributed by atoms with Crippen LogP contribution in [0.15, 0.2) is 60.7 Å². The first-order valence-corrected chi connectivity index (χ1v) is 9.07. The second kappa shape index (κ2) is 7.41. The first-order valence-electron chi connectivity index (χ1n) is 9.07. The number of rotatable bonds is 4. The van der Waals surface area contributed by atoms with Crippen molar-refractivity contribution in [3.63, 3.8) is 0 Å². The summed E-state index contributed by atoms with van der Waals surface area (Å²) in [5, 5.41) is 0. The summed E-state index contributed by atoms with van der Waals surface area (Å²) in [5.41, 5.74) is 6.60. The van der Waals surface area contributed by atoms with Gasteiger partial charge in [-0.05, 0) is 69.5 Å². The first kappa shape index (κ1) is 18.3. The average Bonchev–Trinajstić information content (AvgIpc) is 2.61. The lowest BCUT2D eigenvalue weighted by atomic mass is 9.81. The van der Waals surface area contributed by atoms with Gasteiger partial charge in [-0.2, -0.15) is 0 Å². The van der Waals surface area contributed by atoms with Crippen LogP contribution in [0.3, 0.4) is 0 Å². The van der Waals surface area contributed by atoms with Crippen molar-refractivity contribution in [2.45, 2.75) is 39.5 Å². The van der Waals surface area contributed by atoms with Crippen LogP contribution in [0.4, 0.5) is 8.78 Å².